The highest BCUT2D eigenvalue weighted by molar-refractivity contribution is 5.90. The molecule has 4 aromatic rings. The molecule has 3 aliphatic heterocycles. The summed E-state index contributed by atoms with van der Waals surface area (Å²) in [6, 6.07) is 11.2. The topological polar surface area (TPSA) is 183 Å². The largest absolute Gasteiger partial charge is 0.453 e. The number of hydrazine groups is 1. The van der Waals surface area contributed by atoms with Crippen LogP contribution in [0.4, 0.5) is 41.3 Å². The van der Waals surface area contributed by atoms with Crippen LogP contribution in [0.3, 0.4) is 0 Å². The van der Waals surface area contributed by atoms with Crippen LogP contribution in [0.15, 0.2) is 67.0 Å². The molecule has 23 heteroatoms. The molecule has 0 spiro atoms. The van der Waals surface area contributed by atoms with Crippen molar-refractivity contribution >= 4 is 29.5 Å². The average molecular weight is 1110 g/mol. The second-order valence-corrected chi connectivity index (χ2v) is 22.6. The van der Waals surface area contributed by atoms with E-state index in [2.05, 4.69) is 42.2 Å². The normalized spacial score (nSPS) is 19.5. The molecule has 5 heterocycles. The molecular weight excluding hydrogens is 1040 g/mol. The Balaban J connectivity index is 1.05. The van der Waals surface area contributed by atoms with Crippen LogP contribution in [-0.4, -0.2) is 136 Å². The lowest BCUT2D eigenvalue weighted by Crippen LogP contribution is -2.62. The molecule has 2 aromatic carbocycles. The molecule has 2 bridgehead atoms. The van der Waals surface area contributed by atoms with Gasteiger partial charge in [-0.2, -0.15) is 27.1 Å². The van der Waals surface area contributed by atoms with Crippen molar-refractivity contribution in [3.05, 3.63) is 101 Å². The quantitative estimate of drug-likeness (QED) is 0.0393. The van der Waals surface area contributed by atoms with E-state index < -0.39 is 108 Å². The average Bonchev–Trinajstić information content (AvgIpc) is 4.21. The van der Waals surface area contributed by atoms with Gasteiger partial charge in [-0.05, 0) is 105 Å². The van der Waals surface area contributed by atoms with Gasteiger partial charge in [0.05, 0.1) is 43.6 Å². The van der Waals surface area contributed by atoms with Crippen molar-refractivity contribution in [1.82, 2.24) is 40.7 Å². The Morgan fingerprint density at radius 1 is 0.861 bits per heavy atom. The SMILES string of the molecule is COC(=O)N[C@H](C(=O)C[C@@H](Cc1ccc(C#Cc2ccc(N3CC4CCC(C3)N4C3COC3)nc2)cc1)[C@@H](O)CN(Cc1c(F)cc(-c2ccn(C(F)F)n2)cc1F)NC(=O)[C@@H](NC(=O)C1CC1)C(C)(C)C)C(C)(C)C(F)(F)F. The maximum atomic E-state index is 16.1. The van der Waals surface area contributed by atoms with E-state index in [4.69, 9.17) is 9.72 Å². The summed E-state index contributed by atoms with van der Waals surface area (Å²) in [7, 11) is 0.910. The highest BCUT2D eigenvalue weighted by atomic mass is 19.4. The van der Waals surface area contributed by atoms with Crippen LogP contribution in [0.1, 0.15) is 95.5 Å². The third-order valence-corrected chi connectivity index (χ3v) is 15.3. The molecule has 8 rings (SSSR count). The number of hydrogen-bond donors (Lipinski definition) is 4. The number of ketones is 1. The first kappa shape index (κ1) is 58.5. The summed E-state index contributed by atoms with van der Waals surface area (Å²) in [4.78, 5) is 63.7. The van der Waals surface area contributed by atoms with E-state index in [-0.39, 0.29) is 23.6 Å². The monoisotopic (exact) mass is 1110 g/mol. The van der Waals surface area contributed by atoms with Crippen molar-refractivity contribution in [2.24, 2.45) is 22.7 Å². The first-order chi connectivity index (χ1) is 37.3. The predicted octanol–water partition coefficient (Wildman–Crippen LogP) is 7.34. The number of aliphatic hydroxyl groups is 1. The van der Waals surface area contributed by atoms with Crippen molar-refractivity contribution in [2.45, 2.75) is 129 Å². The molecule has 16 nitrogen and oxygen atoms in total. The number of nitrogens with zero attached hydrogens (tertiary/aromatic N) is 6. The third-order valence-electron chi connectivity index (χ3n) is 15.3. The number of fused-ring (bicyclic) bond motifs is 2. The van der Waals surface area contributed by atoms with Gasteiger partial charge >= 0.3 is 18.8 Å². The number of anilines is 1. The number of ether oxygens (including phenoxy) is 2. The Hall–Kier alpha value is -6.61. The highest BCUT2D eigenvalue weighted by Crippen LogP contribution is 2.42. The Bertz CT molecular complexity index is 2860. The van der Waals surface area contributed by atoms with E-state index in [1.165, 1.54) is 0 Å². The van der Waals surface area contributed by atoms with E-state index in [0.717, 1.165) is 95.3 Å². The molecule has 1 saturated carbocycles. The van der Waals surface area contributed by atoms with Crippen LogP contribution in [-0.2, 0) is 36.8 Å². The van der Waals surface area contributed by atoms with E-state index >= 15 is 8.78 Å². The maximum Gasteiger partial charge on any atom is 0.407 e. The second kappa shape index (κ2) is 24.0. The van der Waals surface area contributed by atoms with Gasteiger partial charge in [0, 0.05) is 85.2 Å². The van der Waals surface area contributed by atoms with E-state index in [1.807, 2.05) is 17.4 Å². The van der Waals surface area contributed by atoms with Gasteiger partial charge in [0.1, 0.15) is 29.5 Å². The number of methoxy groups -OCH3 is 1. The number of piperazine rings is 1. The minimum atomic E-state index is -5.04. The van der Waals surface area contributed by atoms with Crippen molar-refractivity contribution in [3.63, 3.8) is 0 Å². The third kappa shape index (κ3) is 14.1. The molecule has 426 valence electrons. The van der Waals surface area contributed by atoms with E-state index in [9.17, 15) is 46.2 Å². The van der Waals surface area contributed by atoms with Gasteiger partial charge in [-0.15, -0.1) is 0 Å². The number of amides is 3. The zero-order valence-electron chi connectivity index (χ0n) is 44.8. The van der Waals surface area contributed by atoms with Gasteiger partial charge in [-0.3, -0.25) is 24.7 Å². The summed E-state index contributed by atoms with van der Waals surface area (Å²) in [6.07, 6.45) is -3.01. The lowest BCUT2D eigenvalue weighted by atomic mass is 9.77. The van der Waals surface area contributed by atoms with Crippen molar-refractivity contribution in [2.75, 3.05) is 44.9 Å². The Labute approximate surface area is 453 Å². The lowest BCUT2D eigenvalue weighted by Gasteiger charge is -2.47. The highest BCUT2D eigenvalue weighted by Gasteiger charge is 2.56. The van der Waals surface area contributed by atoms with E-state index in [0.29, 0.717) is 52.3 Å². The number of pyridine rings is 1. The molecule has 6 atom stereocenters. The van der Waals surface area contributed by atoms with Crippen LogP contribution in [0, 0.1) is 46.1 Å². The zero-order chi connectivity index (χ0) is 57.1. The fourth-order valence-electron chi connectivity index (χ4n) is 10.4. The minimum absolute atomic E-state index is 0.181. The molecular formula is C56H66F7N9O7. The summed E-state index contributed by atoms with van der Waals surface area (Å²) >= 11 is 0. The number of aromatic nitrogens is 3. The Kier molecular flexibility index (Phi) is 17.8. The fourth-order valence-corrected chi connectivity index (χ4v) is 10.4. The fraction of sp³-hybridized carbons (Fsp3) is 0.536. The van der Waals surface area contributed by atoms with Gasteiger partial charge in [0.2, 0.25) is 5.91 Å². The number of alkyl halides is 5. The molecule has 0 radical (unpaired) electrons. The first-order valence-corrected chi connectivity index (χ1v) is 26.3. The number of carbonyl (C=O) groups excluding carboxylic acids is 4. The number of nitrogens with one attached hydrogen (secondary N) is 3. The smallest absolute Gasteiger partial charge is 0.407 e. The second-order valence-electron chi connectivity index (χ2n) is 22.6. The van der Waals surface area contributed by atoms with E-state index in [1.54, 1.807) is 51.2 Å². The Morgan fingerprint density at radius 3 is 2.03 bits per heavy atom. The van der Waals surface area contributed by atoms with Gasteiger partial charge in [-0.25, -0.2) is 28.3 Å². The predicted molar refractivity (Wildman–Crippen MR) is 276 cm³/mol. The molecule has 4 fully saturated rings. The Morgan fingerprint density at radius 2 is 1.49 bits per heavy atom. The van der Waals surface area contributed by atoms with Crippen LogP contribution in [0.5, 0.6) is 0 Å². The van der Waals surface area contributed by atoms with Crippen LogP contribution in [0.2, 0.25) is 0 Å². The van der Waals surface area contributed by atoms with Gasteiger partial charge in [0.15, 0.2) is 5.78 Å². The van der Waals surface area contributed by atoms with Crippen LogP contribution in [0.25, 0.3) is 11.3 Å². The maximum absolute atomic E-state index is 16.1. The van der Waals surface area contributed by atoms with Crippen molar-refractivity contribution < 1.29 is 64.5 Å². The number of benzene rings is 2. The summed E-state index contributed by atoms with van der Waals surface area (Å²) in [5, 5.41) is 21.6. The molecule has 3 saturated heterocycles. The summed E-state index contributed by atoms with van der Waals surface area (Å²) in [6.45, 7) is 5.23. The minimum Gasteiger partial charge on any atom is -0.453 e. The summed E-state index contributed by atoms with van der Waals surface area (Å²) < 4.78 is 113. The first-order valence-electron chi connectivity index (χ1n) is 26.3. The molecule has 3 amide bonds. The molecule has 2 unspecified atom stereocenters. The number of rotatable bonds is 20. The number of Topliss-reactive ketones (excluding diaryl/α,β-unsaturated/α-hetero) is 1. The molecule has 79 heavy (non-hydrogen) atoms. The zero-order valence-corrected chi connectivity index (χ0v) is 44.8. The standard InChI is InChI=1S/C56H66F7N9O7/c1-54(2,3)49(65-50(75)35-14-15-35)51(76)68-70(28-41-42(57)22-36(23-43(41)58)44-19-20-71(67-44)52(59)60)29-46(74)37(24-45(73)48(66-53(77)78-6)55(4,5)56(61,62)63)21-33-10-7-32(8-11-33)9-12-34-13-18-47(64-25-34)69-26-38-16-17-39(27-69)72(38)40-30-79-31-40/h7-8,10-11,13,18-20,22-23,25,35,37-40,46,48-49,52,74H,14-17,21,24,26-31H2,1-6H3,(H,65,75)(H,66,77)(H,68,76)/t37-,38?,39?,46+,48-,49-/m1/s1. The van der Waals surface area contributed by atoms with Crippen LogP contribution >= 0.6 is 0 Å². The van der Waals surface area contributed by atoms with Gasteiger partial charge in [0.25, 0.3) is 5.91 Å². The van der Waals surface area contributed by atoms with Crippen LogP contribution < -0.4 is 21.0 Å². The van der Waals surface area contributed by atoms with Crippen molar-refractivity contribution in [1.29, 1.82) is 0 Å². The summed E-state index contributed by atoms with van der Waals surface area (Å²) in [5.41, 5.74) is -0.567. The van der Waals surface area contributed by atoms with Crippen molar-refractivity contribution in [3.8, 4) is 23.1 Å². The van der Waals surface area contributed by atoms with Gasteiger partial charge < -0.3 is 30.1 Å². The number of carbonyl (C=O) groups is 4. The molecule has 1 aliphatic carbocycles. The lowest BCUT2D eigenvalue weighted by molar-refractivity contribution is -0.220. The number of aliphatic hydroxyl groups excluding tert-OH is 1. The van der Waals surface area contributed by atoms with Gasteiger partial charge in [-0.1, -0.05) is 44.7 Å². The molecule has 4 aliphatic rings. The number of hydrogen-bond acceptors (Lipinski definition) is 12. The number of halogens is 7. The molecule has 2 aromatic heterocycles. The molecule has 4 N–H and O–H groups in total. The summed E-state index contributed by atoms with van der Waals surface area (Å²) in [5.74, 6) is 0.667. The number of alkyl carbamates (subject to hydrolysis) is 1.